The maximum Gasteiger partial charge on any atom is 0.416 e. The van der Waals surface area contributed by atoms with Crippen molar-refractivity contribution in [3.63, 3.8) is 0 Å². The monoisotopic (exact) mass is 641 g/mol. The maximum atomic E-state index is 13.8. The average Bonchev–Trinajstić information content (AvgIpc) is 3.41. The highest BCUT2D eigenvalue weighted by Gasteiger charge is 2.41. The number of aromatic nitrogens is 4. The van der Waals surface area contributed by atoms with E-state index in [0.717, 1.165) is 5.56 Å². The molecule has 0 spiro atoms. The lowest BCUT2D eigenvalue weighted by molar-refractivity contribution is -0.143. The average molecular weight is 642 g/mol. The normalized spacial score (nSPS) is 17.2. The molecule has 15 heteroatoms. The van der Waals surface area contributed by atoms with Crippen LogP contribution in [0.25, 0.3) is 0 Å². The Bertz CT molecular complexity index is 1460. The van der Waals surface area contributed by atoms with Crippen LogP contribution >= 0.6 is 0 Å². The van der Waals surface area contributed by atoms with Gasteiger partial charge in [0.1, 0.15) is 0 Å². The summed E-state index contributed by atoms with van der Waals surface area (Å²) in [5, 5.41) is 12.8. The van der Waals surface area contributed by atoms with Crippen LogP contribution in [0.1, 0.15) is 67.5 Å². The molecule has 1 amide bonds. The number of carbonyl (C=O) groups excluding carboxylic acids is 1. The van der Waals surface area contributed by atoms with Crippen molar-refractivity contribution < 1.29 is 35.9 Å². The van der Waals surface area contributed by atoms with Crippen molar-refractivity contribution >= 4 is 17.7 Å². The van der Waals surface area contributed by atoms with Gasteiger partial charge in [0.15, 0.2) is 0 Å². The molecule has 1 aromatic heterocycles. The molecule has 3 aromatic rings. The number of amides is 1. The lowest BCUT2D eigenvalue weighted by Crippen LogP contribution is -2.48. The summed E-state index contributed by atoms with van der Waals surface area (Å²) in [6, 6.07) is 5.92. The van der Waals surface area contributed by atoms with Crippen LogP contribution in [0.5, 0.6) is 0 Å². The van der Waals surface area contributed by atoms with Gasteiger partial charge in [0.25, 0.3) is 5.95 Å². The third-order valence-electron chi connectivity index (χ3n) is 7.49. The number of fused-ring (bicyclic) bond motifs is 1. The van der Waals surface area contributed by atoms with E-state index in [2.05, 4.69) is 15.4 Å². The summed E-state index contributed by atoms with van der Waals surface area (Å²) in [4.78, 5) is 19.7. The molecule has 0 aliphatic carbocycles. The van der Waals surface area contributed by atoms with Crippen LogP contribution in [0.2, 0.25) is 0 Å². The van der Waals surface area contributed by atoms with Gasteiger partial charge in [0.05, 0.1) is 35.5 Å². The number of benzene rings is 2. The zero-order chi connectivity index (χ0) is 33.3. The van der Waals surface area contributed by atoms with Gasteiger partial charge in [0, 0.05) is 19.1 Å². The summed E-state index contributed by atoms with van der Waals surface area (Å²) < 4.78 is 88.2. The van der Waals surface area contributed by atoms with E-state index in [1.54, 1.807) is 29.7 Å². The Morgan fingerprint density at radius 1 is 1.04 bits per heavy atom. The standard InChI is InChI=1S/C30H37F6N7O2/c1-7-23-16-26(24-12-19(4)8-9-25(24)43(23)28(44)45-18(2)3)41(27-37-39-42(38-27)11-10-40(5)6)17-20-13-21(29(31,32)33)15-22(14-20)30(34,35)36/h8-9,12-15,18,23,26H,7,10-11,16-17H2,1-6H3/t23-,26+/m1/s1. The summed E-state index contributed by atoms with van der Waals surface area (Å²) in [5.41, 5.74) is -1.06. The molecule has 0 saturated heterocycles. The molecule has 45 heavy (non-hydrogen) atoms. The van der Waals surface area contributed by atoms with Gasteiger partial charge in [-0.2, -0.15) is 31.1 Å². The fraction of sp³-hybridized carbons (Fsp3) is 0.533. The first-order chi connectivity index (χ1) is 21.0. The Morgan fingerprint density at radius 3 is 2.24 bits per heavy atom. The molecule has 4 rings (SSSR count). The second-order valence-corrected chi connectivity index (χ2v) is 11.7. The Labute approximate surface area is 257 Å². The summed E-state index contributed by atoms with van der Waals surface area (Å²) >= 11 is 0. The fourth-order valence-electron chi connectivity index (χ4n) is 5.36. The van der Waals surface area contributed by atoms with Crippen molar-refractivity contribution in [1.29, 1.82) is 0 Å². The Morgan fingerprint density at radius 2 is 1.69 bits per heavy atom. The third-order valence-corrected chi connectivity index (χ3v) is 7.49. The number of tetrazole rings is 1. The highest BCUT2D eigenvalue weighted by atomic mass is 19.4. The van der Waals surface area contributed by atoms with E-state index in [9.17, 15) is 31.1 Å². The number of hydrogen-bond donors (Lipinski definition) is 0. The number of alkyl halides is 6. The van der Waals surface area contributed by atoms with E-state index in [0.29, 0.717) is 42.9 Å². The number of halogens is 6. The van der Waals surface area contributed by atoms with Crippen molar-refractivity contribution in [2.45, 2.75) is 84.2 Å². The SMILES string of the molecule is CC[C@@H]1C[C@H](N(Cc2cc(C(F)(F)F)cc(C(F)(F)F)c2)c2nnn(CCN(C)C)n2)c2cc(C)ccc2N1C(=O)OC(C)C. The molecule has 0 N–H and O–H groups in total. The fourth-order valence-corrected chi connectivity index (χ4v) is 5.36. The second-order valence-electron chi connectivity index (χ2n) is 11.7. The van der Waals surface area contributed by atoms with E-state index < -0.39 is 48.2 Å². The van der Waals surface area contributed by atoms with Crippen molar-refractivity contribution in [2.24, 2.45) is 0 Å². The van der Waals surface area contributed by atoms with Gasteiger partial charge in [-0.15, -0.1) is 5.10 Å². The zero-order valence-corrected chi connectivity index (χ0v) is 25.9. The first-order valence-electron chi connectivity index (χ1n) is 14.6. The van der Waals surface area contributed by atoms with Gasteiger partial charge < -0.3 is 14.5 Å². The minimum absolute atomic E-state index is 0.0326. The lowest BCUT2D eigenvalue weighted by Gasteiger charge is -2.44. The molecular weight excluding hydrogens is 604 g/mol. The van der Waals surface area contributed by atoms with Crippen molar-refractivity contribution in [3.8, 4) is 0 Å². The number of ether oxygens (including phenoxy) is 1. The van der Waals surface area contributed by atoms with Gasteiger partial charge in [0.2, 0.25) is 0 Å². The van der Waals surface area contributed by atoms with Crippen LogP contribution in [0.4, 0.5) is 42.8 Å². The van der Waals surface area contributed by atoms with Crippen LogP contribution in [0.15, 0.2) is 36.4 Å². The van der Waals surface area contributed by atoms with Crippen molar-refractivity contribution in [2.75, 3.05) is 30.4 Å². The maximum absolute atomic E-state index is 13.8. The number of carbonyl (C=O) groups is 1. The van der Waals surface area contributed by atoms with Gasteiger partial charge in [-0.3, -0.25) is 4.90 Å². The number of nitrogens with zero attached hydrogens (tertiary/aromatic N) is 7. The number of likely N-dealkylation sites (N-methyl/N-ethyl adjacent to an activating group) is 1. The first-order valence-corrected chi connectivity index (χ1v) is 14.6. The van der Waals surface area contributed by atoms with Crippen LogP contribution in [-0.2, 0) is 30.2 Å². The van der Waals surface area contributed by atoms with Crippen LogP contribution in [0, 0.1) is 6.92 Å². The molecule has 246 valence electrons. The molecule has 2 aromatic carbocycles. The van der Waals surface area contributed by atoms with E-state index in [4.69, 9.17) is 4.74 Å². The predicted octanol–water partition coefficient (Wildman–Crippen LogP) is 6.86. The number of rotatable bonds is 9. The van der Waals surface area contributed by atoms with E-state index in [-0.39, 0.29) is 30.1 Å². The Hall–Kier alpha value is -3.88. The van der Waals surface area contributed by atoms with Gasteiger partial charge in [-0.05, 0) is 88.3 Å². The molecule has 1 aliphatic heterocycles. The Kier molecular flexibility index (Phi) is 10.00. The second kappa shape index (κ2) is 13.2. The summed E-state index contributed by atoms with van der Waals surface area (Å²) in [6.45, 7) is 7.73. The van der Waals surface area contributed by atoms with Crippen LogP contribution < -0.4 is 9.80 Å². The number of hydrogen-bond acceptors (Lipinski definition) is 7. The summed E-state index contributed by atoms with van der Waals surface area (Å²) in [7, 11) is 3.72. The zero-order valence-electron chi connectivity index (χ0n) is 25.9. The van der Waals surface area contributed by atoms with Crippen molar-refractivity contribution in [1.82, 2.24) is 25.1 Å². The lowest BCUT2D eigenvalue weighted by atomic mass is 9.87. The topological polar surface area (TPSA) is 79.6 Å². The number of anilines is 2. The minimum atomic E-state index is -5.01. The summed E-state index contributed by atoms with van der Waals surface area (Å²) in [5.74, 6) is 0.0326. The minimum Gasteiger partial charge on any atom is -0.446 e. The largest absolute Gasteiger partial charge is 0.446 e. The first kappa shape index (κ1) is 34.0. The molecular formula is C30H37F6N7O2. The number of aryl methyl sites for hydroxylation is 1. The van der Waals surface area contributed by atoms with E-state index >= 15 is 0 Å². The third kappa shape index (κ3) is 8.05. The van der Waals surface area contributed by atoms with E-state index in [1.807, 2.05) is 45.0 Å². The predicted molar refractivity (Wildman–Crippen MR) is 156 cm³/mol. The molecule has 0 saturated carbocycles. The Balaban J connectivity index is 1.88. The molecule has 9 nitrogen and oxygen atoms in total. The van der Waals surface area contributed by atoms with Gasteiger partial charge >= 0.3 is 18.4 Å². The highest BCUT2D eigenvalue weighted by molar-refractivity contribution is 5.90. The summed E-state index contributed by atoms with van der Waals surface area (Å²) in [6.07, 6.45) is -10.2. The molecule has 1 aliphatic rings. The quantitative estimate of drug-likeness (QED) is 0.236. The molecule has 2 atom stereocenters. The van der Waals surface area contributed by atoms with Crippen molar-refractivity contribution in [3.05, 3.63) is 64.2 Å². The molecule has 0 bridgehead atoms. The van der Waals surface area contributed by atoms with Crippen LogP contribution in [-0.4, -0.2) is 64.0 Å². The molecule has 0 unspecified atom stereocenters. The molecule has 2 heterocycles. The smallest absolute Gasteiger partial charge is 0.416 e. The van der Waals surface area contributed by atoms with Gasteiger partial charge in [-0.25, -0.2) is 4.79 Å². The van der Waals surface area contributed by atoms with Gasteiger partial charge in [-0.1, -0.05) is 29.7 Å². The van der Waals surface area contributed by atoms with Crippen LogP contribution in [0.3, 0.4) is 0 Å². The molecule has 0 fully saturated rings. The molecule has 0 radical (unpaired) electrons. The van der Waals surface area contributed by atoms with E-state index in [1.165, 1.54) is 4.80 Å². The highest BCUT2D eigenvalue weighted by Crippen LogP contribution is 2.44.